The van der Waals surface area contributed by atoms with E-state index in [9.17, 15) is 27.6 Å². The van der Waals surface area contributed by atoms with Crippen molar-refractivity contribution < 1.29 is 27.6 Å². The number of carbonyl (C=O) groups excluding carboxylic acids is 3. The first-order valence-corrected chi connectivity index (χ1v) is 8.85. The summed E-state index contributed by atoms with van der Waals surface area (Å²) in [7, 11) is 0. The Balaban J connectivity index is 2.02. The molecule has 10 heteroatoms. The molecule has 0 aliphatic carbocycles. The minimum atomic E-state index is -1.71. The maximum Gasteiger partial charge on any atom is 0.252 e. The molecule has 0 fully saturated rings. The fraction of sp³-hybridized carbons (Fsp3) is 0.167. The number of amides is 3. The standard InChI is InChI=1S/C18H16F3N3O3S/c1-9(17(22)26)28-13-5-3-2-4-10(13)18(27)23-8-14(25)24-12-7-6-11(19)15(20)16(12)21/h2-7,9H,8H2,1H3,(H2,22,26)(H,23,27)(H,24,25)/t9-/m1/s1. The van der Waals surface area contributed by atoms with Crippen molar-refractivity contribution in [2.24, 2.45) is 5.73 Å². The number of rotatable bonds is 7. The molecule has 0 bridgehead atoms. The summed E-state index contributed by atoms with van der Waals surface area (Å²) in [4.78, 5) is 35.9. The van der Waals surface area contributed by atoms with Gasteiger partial charge in [-0.15, -0.1) is 11.8 Å². The van der Waals surface area contributed by atoms with Crippen LogP contribution in [0.5, 0.6) is 0 Å². The molecule has 1 atom stereocenters. The zero-order valence-electron chi connectivity index (χ0n) is 14.6. The van der Waals surface area contributed by atoms with Crippen LogP contribution in [0.15, 0.2) is 41.3 Å². The SMILES string of the molecule is C[C@@H](Sc1ccccc1C(=O)NCC(=O)Nc1ccc(F)c(F)c1F)C(N)=O. The van der Waals surface area contributed by atoms with Gasteiger partial charge in [0.2, 0.25) is 11.8 Å². The lowest BCUT2D eigenvalue weighted by molar-refractivity contribution is -0.117. The third-order valence-corrected chi connectivity index (χ3v) is 4.75. The first kappa shape index (κ1) is 21.3. The molecule has 6 nitrogen and oxygen atoms in total. The Bertz CT molecular complexity index is 924. The van der Waals surface area contributed by atoms with Crippen LogP contribution in [0.25, 0.3) is 0 Å². The van der Waals surface area contributed by atoms with E-state index >= 15 is 0 Å². The average Bonchev–Trinajstić information content (AvgIpc) is 2.67. The van der Waals surface area contributed by atoms with E-state index in [0.29, 0.717) is 11.0 Å². The Morgan fingerprint density at radius 3 is 2.43 bits per heavy atom. The summed E-state index contributed by atoms with van der Waals surface area (Å²) in [5, 5.41) is 3.81. The normalized spacial score (nSPS) is 11.6. The van der Waals surface area contributed by atoms with Gasteiger partial charge >= 0.3 is 0 Å². The van der Waals surface area contributed by atoms with E-state index in [-0.39, 0.29) is 5.56 Å². The molecule has 0 aliphatic rings. The van der Waals surface area contributed by atoms with Crippen LogP contribution in [-0.2, 0) is 9.59 Å². The highest BCUT2D eigenvalue weighted by molar-refractivity contribution is 8.00. The first-order valence-electron chi connectivity index (χ1n) is 7.97. The molecule has 0 saturated heterocycles. The number of thioether (sulfide) groups is 1. The fourth-order valence-corrected chi connectivity index (χ4v) is 3.02. The lowest BCUT2D eigenvalue weighted by atomic mass is 10.2. The lowest BCUT2D eigenvalue weighted by Gasteiger charge is -2.12. The molecular weight excluding hydrogens is 395 g/mol. The van der Waals surface area contributed by atoms with Gasteiger partial charge in [0.25, 0.3) is 5.91 Å². The number of nitrogens with one attached hydrogen (secondary N) is 2. The van der Waals surface area contributed by atoms with E-state index in [2.05, 4.69) is 5.32 Å². The Kier molecular flexibility index (Phi) is 7.05. The summed E-state index contributed by atoms with van der Waals surface area (Å²) >= 11 is 1.09. The molecule has 0 unspecified atom stereocenters. The molecule has 148 valence electrons. The quantitative estimate of drug-likeness (QED) is 0.481. The maximum atomic E-state index is 13.6. The summed E-state index contributed by atoms with van der Waals surface area (Å²) in [6, 6.07) is 7.93. The van der Waals surface area contributed by atoms with Crippen LogP contribution in [0.1, 0.15) is 17.3 Å². The highest BCUT2D eigenvalue weighted by atomic mass is 32.2. The molecular formula is C18H16F3N3O3S. The molecule has 0 heterocycles. The molecule has 2 aromatic rings. The van der Waals surface area contributed by atoms with Gasteiger partial charge in [-0.1, -0.05) is 12.1 Å². The molecule has 0 aromatic heterocycles. The van der Waals surface area contributed by atoms with Gasteiger partial charge in [0, 0.05) is 4.90 Å². The van der Waals surface area contributed by atoms with Gasteiger partial charge in [-0.05, 0) is 31.2 Å². The Morgan fingerprint density at radius 1 is 1.07 bits per heavy atom. The van der Waals surface area contributed by atoms with E-state index < -0.39 is 52.7 Å². The monoisotopic (exact) mass is 411 g/mol. The van der Waals surface area contributed by atoms with Crippen molar-refractivity contribution in [3.05, 3.63) is 59.4 Å². The summed E-state index contributed by atoms with van der Waals surface area (Å²) in [6.07, 6.45) is 0. The number of nitrogens with two attached hydrogens (primary N) is 1. The zero-order chi connectivity index (χ0) is 20.8. The molecule has 0 radical (unpaired) electrons. The van der Waals surface area contributed by atoms with Gasteiger partial charge < -0.3 is 16.4 Å². The van der Waals surface area contributed by atoms with Crippen molar-refractivity contribution in [2.75, 3.05) is 11.9 Å². The van der Waals surface area contributed by atoms with Crippen LogP contribution in [0.2, 0.25) is 0 Å². The number of hydrogen-bond donors (Lipinski definition) is 3. The average molecular weight is 411 g/mol. The van der Waals surface area contributed by atoms with E-state index in [4.69, 9.17) is 5.73 Å². The number of benzene rings is 2. The van der Waals surface area contributed by atoms with Crippen molar-refractivity contribution >= 4 is 35.2 Å². The Hall–Kier alpha value is -3.01. The van der Waals surface area contributed by atoms with Gasteiger partial charge in [0.15, 0.2) is 17.5 Å². The van der Waals surface area contributed by atoms with Crippen LogP contribution < -0.4 is 16.4 Å². The fourth-order valence-electron chi connectivity index (χ4n) is 2.08. The second-order valence-corrected chi connectivity index (χ2v) is 7.00. The van der Waals surface area contributed by atoms with E-state index in [1.807, 2.05) is 5.32 Å². The molecule has 0 spiro atoms. The lowest BCUT2D eigenvalue weighted by Crippen LogP contribution is -2.33. The maximum absolute atomic E-state index is 13.6. The van der Waals surface area contributed by atoms with Crippen molar-refractivity contribution in [2.45, 2.75) is 17.1 Å². The minimum Gasteiger partial charge on any atom is -0.369 e. The third kappa shape index (κ3) is 5.26. The van der Waals surface area contributed by atoms with Gasteiger partial charge in [0.1, 0.15) is 0 Å². The molecule has 2 aromatic carbocycles. The summed E-state index contributed by atoms with van der Waals surface area (Å²) in [5.41, 5.74) is 4.88. The van der Waals surface area contributed by atoms with Crippen LogP contribution in [0.3, 0.4) is 0 Å². The van der Waals surface area contributed by atoms with Gasteiger partial charge in [-0.3, -0.25) is 14.4 Å². The topological polar surface area (TPSA) is 101 Å². The molecule has 4 N–H and O–H groups in total. The number of anilines is 1. The third-order valence-electron chi connectivity index (χ3n) is 3.55. The Labute approximate surface area is 162 Å². The second-order valence-electron chi connectivity index (χ2n) is 5.61. The minimum absolute atomic E-state index is 0.215. The Morgan fingerprint density at radius 2 is 1.75 bits per heavy atom. The van der Waals surface area contributed by atoms with Gasteiger partial charge in [-0.25, -0.2) is 13.2 Å². The largest absolute Gasteiger partial charge is 0.369 e. The van der Waals surface area contributed by atoms with Gasteiger partial charge in [-0.2, -0.15) is 0 Å². The number of halogens is 3. The van der Waals surface area contributed by atoms with Crippen molar-refractivity contribution in [1.82, 2.24) is 5.32 Å². The number of hydrogen-bond acceptors (Lipinski definition) is 4. The molecule has 3 amide bonds. The van der Waals surface area contributed by atoms with Crippen LogP contribution >= 0.6 is 11.8 Å². The van der Waals surface area contributed by atoms with E-state index in [1.165, 1.54) is 6.07 Å². The zero-order valence-corrected chi connectivity index (χ0v) is 15.4. The smallest absolute Gasteiger partial charge is 0.252 e. The molecule has 28 heavy (non-hydrogen) atoms. The summed E-state index contributed by atoms with van der Waals surface area (Å²) in [5.74, 6) is -6.64. The highest BCUT2D eigenvalue weighted by Crippen LogP contribution is 2.26. The molecule has 0 aliphatic heterocycles. The van der Waals surface area contributed by atoms with Crippen molar-refractivity contribution in [3.8, 4) is 0 Å². The second kappa shape index (κ2) is 9.27. The van der Waals surface area contributed by atoms with Gasteiger partial charge in [0.05, 0.1) is 23.0 Å². The summed E-state index contributed by atoms with van der Waals surface area (Å²) in [6.45, 7) is 1.05. The highest BCUT2D eigenvalue weighted by Gasteiger charge is 2.18. The van der Waals surface area contributed by atoms with Crippen molar-refractivity contribution in [1.29, 1.82) is 0 Å². The number of primary amides is 1. The van der Waals surface area contributed by atoms with Crippen LogP contribution in [0.4, 0.5) is 18.9 Å². The van der Waals surface area contributed by atoms with Crippen LogP contribution in [-0.4, -0.2) is 29.5 Å². The van der Waals surface area contributed by atoms with Crippen molar-refractivity contribution in [3.63, 3.8) is 0 Å². The number of carbonyl (C=O) groups is 3. The predicted octanol–water partition coefficient (Wildman–Crippen LogP) is 2.44. The summed E-state index contributed by atoms with van der Waals surface area (Å²) < 4.78 is 39.6. The predicted molar refractivity (Wildman–Crippen MR) is 98.2 cm³/mol. The van der Waals surface area contributed by atoms with E-state index in [1.54, 1.807) is 25.1 Å². The van der Waals surface area contributed by atoms with E-state index in [0.717, 1.165) is 17.8 Å². The molecule has 2 rings (SSSR count). The molecule has 0 saturated carbocycles. The van der Waals surface area contributed by atoms with Crippen LogP contribution in [0, 0.1) is 17.5 Å². The first-order chi connectivity index (χ1) is 13.2.